The van der Waals surface area contributed by atoms with Crippen molar-refractivity contribution in [2.45, 2.75) is 38.9 Å². The number of amides is 1. The molecule has 2 N–H and O–H groups in total. The Labute approximate surface area is 167 Å². The number of carbonyl (C=O) groups is 1. The highest BCUT2D eigenvalue weighted by atomic mass is 127. The number of rotatable bonds is 5. The third-order valence-corrected chi connectivity index (χ3v) is 3.17. The van der Waals surface area contributed by atoms with Crippen molar-refractivity contribution in [1.82, 2.24) is 20.5 Å². The van der Waals surface area contributed by atoms with Gasteiger partial charge in [0.15, 0.2) is 5.96 Å². The zero-order valence-electron chi connectivity index (χ0n) is 15.4. The van der Waals surface area contributed by atoms with Gasteiger partial charge in [-0.25, -0.2) is 4.98 Å². The van der Waals surface area contributed by atoms with Crippen molar-refractivity contribution in [1.29, 1.82) is 0 Å². The van der Waals surface area contributed by atoms with Crippen LogP contribution in [0, 0.1) is 0 Å². The third-order valence-electron chi connectivity index (χ3n) is 3.17. The molecule has 1 amide bonds. The smallest absolute Gasteiger partial charge is 0.406 e. The molecule has 1 aromatic heterocycles. The second-order valence-electron chi connectivity index (χ2n) is 6.51. The van der Waals surface area contributed by atoms with Gasteiger partial charge in [0.25, 0.3) is 0 Å². The monoisotopic (exact) mass is 491 g/mol. The van der Waals surface area contributed by atoms with Crippen LogP contribution < -0.4 is 10.6 Å². The van der Waals surface area contributed by atoms with Crippen molar-refractivity contribution in [2.75, 3.05) is 27.2 Å². The van der Waals surface area contributed by atoms with Crippen molar-refractivity contribution in [3.05, 3.63) is 17.8 Å². The van der Waals surface area contributed by atoms with Crippen LogP contribution in [0.4, 0.5) is 13.2 Å². The van der Waals surface area contributed by atoms with Gasteiger partial charge in [-0.1, -0.05) is 20.8 Å². The van der Waals surface area contributed by atoms with Gasteiger partial charge in [-0.05, 0) is 0 Å². The Morgan fingerprint density at radius 1 is 1.31 bits per heavy atom. The van der Waals surface area contributed by atoms with E-state index in [1.807, 2.05) is 20.8 Å². The molecule has 0 radical (unpaired) electrons. The maximum atomic E-state index is 12.3. The van der Waals surface area contributed by atoms with E-state index >= 15 is 0 Å². The zero-order valence-corrected chi connectivity index (χ0v) is 17.7. The number of hydrogen-bond acceptors (Lipinski definition) is 4. The number of hydrogen-bond donors (Lipinski definition) is 2. The lowest BCUT2D eigenvalue weighted by Crippen LogP contribution is -2.45. The number of guanidine groups is 1. The quantitative estimate of drug-likeness (QED) is 0.376. The Balaban J connectivity index is 0.00000625. The number of alkyl halides is 3. The molecule has 0 aliphatic rings. The predicted molar refractivity (Wildman–Crippen MR) is 103 cm³/mol. The van der Waals surface area contributed by atoms with Gasteiger partial charge >= 0.3 is 6.18 Å². The molecule has 11 heteroatoms. The Morgan fingerprint density at radius 3 is 2.38 bits per heavy atom. The third kappa shape index (κ3) is 8.72. The molecule has 0 aliphatic carbocycles. The normalized spacial score (nSPS) is 12.4. The molecule has 0 bridgehead atoms. The molecule has 0 spiro atoms. The van der Waals surface area contributed by atoms with Gasteiger partial charge in [-0.3, -0.25) is 9.79 Å². The fraction of sp³-hybridized carbons (Fsp3) is 0.667. The molecule has 0 saturated carbocycles. The van der Waals surface area contributed by atoms with Crippen LogP contribution in [0.3, 0.4) is 0 Å². The number of aromatic nitrogens is 1. The standard InChI is InChI=1S/C15H24F3N5O2.HI/c1-14(2,3)10-6-20-11(25-10)7-21-13(19-4)22-8-12(24)23(5)9-15(16,17)18;/h6H,7-9H2,1-5H3,(H2,19,21,22);1H. The summed E-state index contributed by atoms with van der Waals surface area (Å²) in [6.07, 6.45) is -2.79. The van der Waals surface area contributed by atoms with Crippen LogP contribution in [0.1, 0.15) is 32.4 Å². The van der Waals surface area contributed by atoms with Crippen LogP contribution in [0.25, 0.3) is 0 Å². The summed E-state index contributed by atoms with van der Waals surface area (Å²) in [6.45, 7) is 4.59. The van der Waals surface area contributed by atoms with Crippen molar-refractivity contribution >= 4 is 35.8 Å². The number of nitrogens with zero attached hydrogens (tertiary/aromatic N) is 3. The van der Waals surface area contributed by atoms with Crippen LogP contribution in [0.15, 0.2) is 15.6 Å². The average molecular weight is 491 g/mol. The summed E-state index contributed by atoms with van der Waals surface area (Å²) in [5.74, 6) is 0.722. The summed E-state index contributed by atoms with van der Waals surface area (Å²) >= 11 is 0. The molecule has 26 heavy (non-hydrogen) atoms. The van der Waals surface area contributed by atoms with Crippen LogP contribution in [-0.2, 0) is 16.8 Å². The van der Waals surface area contributed by atoms with Crippen molar-refractivity contribution in [2.24, 2.45) is 4.99 Å². The summed E-state index contributed by atoms with van der Waals surface area (Å²) in [5, 5.41) is 5.54. The first-order chi connectivity index (χ1) is 11.4. The highest BCUT2D eigenvalue weighted by Crippen LogP contribution is 2.22. The van der Waals surface area contributed by atoms with E-state index in [0.717, 1.165) is 12.8 Å². The highest BCUT2D eigenvalue weighted by molar-refractivity contribution is 14.0. The van der Waals surface area contributed by atoms with E-state index in [-0.39, 0.29) is 48.4 Å². The predicted octanol–water partition coefficient (Wildman–Crippen LogP) is 2.28. The van der Waals surface area contributed by atoms with Crippen LogP contribution in [-0.4, -0.2) is 55.1 Å². The van der Waals surface area contributed by atoms with E-state index in [1.54, 1.807) is 6.20 Å². The number of halogens is 4. The number of carbonyl (C=O) groups excluding carboxylic acids is 1. The zero-order chi connectivity index (χ0) is 19.3. The molecule has 0 saturated heterocycles. The van der Waals surface area contributed by atoms with E-state index in [9.17, 15) is 18.0 Å². The van der Waals surface area contributed by atoms with Gasteiger partial charge in [0.05, 0.1) is 19.3 Å². The topological polar surface area (TPSA) is 82.8 Å². The summed E-state index contributed by atoms with van der Waals surface area (Å²) < 4.78 is 42.4. The first-order valence-electron chi connectivity index (χ1n) is 7.63. The first kappa shape index (κ1) is 24.5. The lowest BCUT2D eigenvalue weighted by atomic mass is 9.94. The molecule has 0 unspecified atom stereocenters. The summed E-state index contributed by atoms with van der Waals surface area (Å²) in [4.78, 5) is 20.3. The van der Waals surface area contributed by atoms with Crippen molar-refractivity contribution in [3.63, 3.8) is 0 Å². The molecule has 1 aromatic rings. The molecule has 1 rings (SSSR count). The molecule has 1 heterocycles. The number of nitrogens with one attached hydrogen (secondary N) is 2. The highest BCUT2D eigenvalue weighted by Gasteiger charge is 2.31. The van der Waals surface area contributed by atoms with Crippen molar-refractivity contribution in [3.8, 4) is 0 Å². The Hall–Kier alpha value is -1.53. The van der Waals surface area contributed by atoms with E-state index in [2.05, 4.69) is 20.6 Å². The Morgan fingerprint density at radius 2 is 1.92 bits per heavy atom. The SMILES string of the molecule is CN=C(NCC(=O)N(C)CC(F)(F)F)NCc1ncc(C(C)(C)C)o1.I. The molecular formula is C15H25F3IN5O2. The fourth-order valence-corrected chi connectivity index (χ4v) is 1.77. The second-order valence-corrected chi connectivity index (χ2v) is 6.51. The van der Waals surface area contributed by atoms with E-state index in [4.69, 9.17) is 4.42 Å². The van der Waals surface area contributed by atoms with E-state index in [1.165, 1.54) is 7.05 Å². The average Bonchev–Trinajstić information content (AvgIpc) is 2.94. The largest absolute Gasteiger partial charge is 0.443 e. The number of aliphatic imine (C=N–C) groups is 1. The summed E-state index contributed by atoms with van der Waals surface area (Å²) in [6, 6.07) is 0. The maximum absolute atomic E-state index is 12.3. The van der Waals surface area contributed by atoms with Crippen molar-refractivity contribution < 1.29 is 22.4 Å². The van der Waals surface area contributed by atoms with Gasteiger partial charge in [-0.15, -0.1) is 24.0 Å². The Kier molecular flexibility index (Phi) is 9.39. The molecular weight excluding hydrogens is 466 g/mol. The molecule has 0 aliphatic heterocycles. The molecule has 150 valence electrons. The minimum Gasteiger partial charge on any atom is -0.443 e. The lowest BCUT2D eigenvalue weighted by molar-refractivity contribution is -0.157. The first-order valence-corrected chi connectivity index (χ1v) is 7.63. The fourth-order valence-electron chi connectivity index (χ4n) is 1.77. The van der Waals surface area contributed by atoms with Gasteiger partial charge in [0.1, 0.15) is 12.3 Å². The van der Waals surface area contributed by atoms with Gasteiger partial charge in [-0.2, -0.15) is 13.2 Å². The molecule has 7 nitrogen and oxygen atoms in total. The van der Waals surface area contributed by atoms with Crippen LogP contribution >= 0.6 is 24.0 Å². The minimum absolute atomic E-state index is 0. The lowest BCUT2D eigenvalue weighted by Gasteiger charge is -2.19. The molecule has 0 aromatic carbocycles. The number of likely N-dealkylation sites (N-methyl/N-ethyl adjacent to an activating group) is 1. The van der Waals surface area contributed by atoms with Gasteiger partial charge in [0.2, 0.25) is 11.8 Å². The van der Waals surface area contributed by atoms with Crippen LogP contribution in [0.2, 0.25) is 0 Å². The number of oxazole rings is 1. The maximum Gasteiger partial charge on any atom is 0.406 e. The van der Waals surface area contributed by atoms with E-state index < -0.39 is 18.6 Å². The van der Waals surface area contributed by atoms with E-state index in [0.29, 0.717) is 10.8 Å². The summed E-state index contributed by atoms with van der Waals surface area (Å²) in [5.41, 5.74) is -0.166. The Bertz CT molecular complexity index is 611. The minimum atomic E-state index is -4.43. The second kappa shape index (κ2) is 9.97. The molecule has 0 fully saturated rings. The molecule has 0 atom stereocenters. The van der Waals surface area contributed by atoms with Gasteiger partial charge in [0, 0.05) is 19.5 Å². The van der Waals surface area contributed by atoms with Crippen LogP contribution in [0.5, 0.6) is 0 Å². The summed E-state index contributed by atoms with van der Waals surface area (Å²) in [7, 11) is 2.57. The van der Waals surface area contributed by atoms with Gasteiger partial charge < -0.3 is 20.0 Å².